The third-order valence-corrected chi connectivity index (χ3v) is 5.90. The second kappa shape index (κ2) is 10.9. The highest BCUT2D eigenvalue weighted by Crippen LogP contribution is 2.33. The molecule has 1 atom stereocenters. The molecule has 1 aromatic heterocycles. The van der Waals surface area contributed by atoms with E-state index in [1.165, 1.54) is 0 Å². The number of aromatic nitrogens is 2. The Kier molecular flexibility index (Phi) is 7.48. The van der Waals surface area contributed by atoms with Crippen LogP contribution < -0.4 is 14.8 Å². The summed E-state index contributed by atoms with van der Waals surface area (Å²) in [7, 11) is 7.19. The highest BCUT2D eigenvalue weighted by Gasteiger charge is 2.22. The van der Waals surface area contributed by atoms with Gasteiger partial charge < -0.3 is 19.7 Å². The zero-order chi connectivity index (χ0) is 24.8. The number of methoxy groups -OCH3 is 2. The first-order chi connectivity index (χ1) is 17.0. The van der Waals surface area contributed by atoms with Crippen LogP contribution in [0.5, 0.6) is 11.5 Å². The van der Waals surface area contributed by atoms with Crippen molar-refractivity contribution in [2.45, 2.75) is 6.04 Å². The Labute approximate surface area is 205 Å². The third-order valence-electron chi connectivity index (χ3n) is 5.90. The number of benzene rings is 3. The molecular weight excluding hydrogens is 440 g/mol. The van der Waals surface area contributed by atoms with Crippen molar-refractivity contribution in [2.75, 3.05) is 34.9 Å². The lowest BCUT2D eigenvalue weighted by molar-refractivity contribution is 0.0942. The lowest BCUT2D eigenvalue weighted by atomic mass is 10.0. The van der Waals surface area contributed by atoms with E-state index in [0.29, 0.717) is 29.3 Å². The molecule has 1 heterocycles. The normalized spacial score (nSPS) is 11.8. The van der Waals surface area contributed by atoms with Crippen LogP contribution in [0.2, 0.25) is 0 Å². The first-order valence-electron chi connectivity index (χ1n) is 11.4. The van der Waals surface area contributed by atoms with Gasteiger partial charge in [-0.15, -0.1) is 0 Å². The molecule has 180 valence electrons. The molecule has 1 amide bonds. The molecule has 0 unspecified atom stereocenters. The van der Waals surface area contributed by atoms with Crippen LogP contribution in [0, 0.1) is 0 Å². The minimum atomic E-state index is -0.195. The molecule has 1 N–H and O–H groups in total. The van der Waals surface area contributed by atoms with E-state index in [2.05, 4.69) is 22.3 Å². The van der Waals surface area contributed by atoms with Gasteiger partial charge in [-0.1, -0.05) is 48.5 Å². The van der Waals surface area contributed by atoms with E-state index < -0.39 is 0 Å². The Hall–Kier alpha value is -4.10. The molecular formula is C28H30N4O3. The van der Waals surface area contributed by atoms with Crippen molar-refractivity contribution in [1.82, 2.24) is 20.0 Å². The largest absolute Gasteiger partial charge is 0.493 e. The van der Waals surface area contributed by atoms with E-state index in [0.717, 1.165) is 16.8 Å². The molecule has 4 aromatic rings. The summed E-state index contributed by atoms with van der Waals surface area (Å²) in [6.07, 6.45) is 1.77. The standard InChI is InChI=1S/C28H30N4O3/c1-31(2)24(20-11-7-5-8-12-20)18-29-28(33)23-19-32(22-13-9-6-10-14-22)30-27(23)21-15-16-25(34-3)26(17-21)35-4/h5-17,19,24H,18H2,1-4H3,(H,29,33)/t24-/m0/s1. The number of hydrogen-bond acceptors (Lipinski definition) is 5. The van der Waals surface area contributed by atoms with Crippen molar-refractivity contribution in [3.05, 3.63) is 96.2 Å². The molecule has 3 aromatic carbocycles. The number of carbonyl (C=O) groups excluding carboxylic acids is 1. The van der Waals surface area contributed by atoms with Crippen LogP contribution in [0.15, 0.2) is 85.1 Å². The number of ether oxygens (including phenoxy) is 2. The molecule has 0 spiro atoms. The van der Waals surface area contributed by atoms with Gasteiger partial charge in [-0.25, -0.2) is 4.68 Å². The van der Waals surface area contributed by atoms with Crippen LogP contribution in [0.4, 0.5) is 0 Å². The van der Waals surface area contributed by atoms with Gasteiger partial charge in [-0.3, -0.25) is 4.79 Å². The van der Waals surface area contributed by atoms with E-state index in [9.17, 15) is 4.79 Å². The zero-order valence-corrected chi connectivity index (χ0v) is 20.4. The zero-order valence-electron chi connectivity index (χ0n) is 20.4. The molecule has 0 radical (unpaired) electrons. The van der Waals surface area contributed by atoms with Crippen LogP contribution in [0.1, 0.15) is 22.0 Å². The lowest BCUT2D eigenvalue weighted by Crippen LogP contribution is -2.34. The number of nitrogens with zero attached hydrogens (tertiary/aromatic N) is 3. The SMILES string of the molecule is COc1ccc(-c2nn(-c3ccccc3)cc2C(=O)NC[C@@H](c2ccccc2)N(C)C)cc1OC. The van der Waals surface area contributed by atoms with Crippen LogP contribution in [0.3, 0.4) is 0 Å². The Bertz CT molecular complexity index is 1270. The summed E-state index contributed by atoms with van der Waals surface area (Å²) in [5, 5.41) is 7.89. The summed E-state index contributed by atoms with van der Waals surface area (Å²) in [5.41, 5.74) is 3.80. The van der Waals surface area contributed by atoms with Crippen molar-refractivity contribution in [3.8, 4) is 28.4 Å². The Morgan fingerprint density at radius 2 is 1.60 bits per heavy atom. The van der Waals surface area contributed by atoms with Crippen molar-refractivity contribution in [2.24, 2.45) is 0 Å². The molecule has 0 aliphatic rings. The molecule has 7 nitrogen and oxygen atoms in total. The average Bonchev–Trinajstić information content (AvgIpc) is 3.35. The van der Waals surface area contributed by atoms with Crippen LogP contribution in [0.25, 0.3) is 16.9 Å². The fraction of sp³-hybridized carbons (Fsp3) is 0.214. The van der Waals surface area contributed by atoms with Gasteiger partial charge in [0.2, 0.25) is 0 Å². The maximum Gasteiger partial charge on any atom is 0.255 e. The van der Waals surface area contributed by atoms with Gasteiger partial charge in [0.15, 0.2) is 11.5 Å². The molecule has 7 heteroatoms. The smallest absolute Gasteiger partial charge is 0.255 e. The molecule has 35 heavy (non-hydrogen) atoms. The predicted octanol–water partition coefficient (Wildman–Crippen LogP) is 4.59. The van der Waals surface area contributed by atoms with Crippen LogP contribution >= 0.6 is 0 Å². The quantitative estimate of drug-likeness (QED) is 0.388. The summed E-state index contributed by atoms with van der Waals surface area (Å²) in [6.45, 7) is 0.456. The number of rotatable bonds is 9. The first kappa shape index (κ1) is 24.0. The molecule has 0 saturated carbocycles. The summed E-state index contributed by atoms with van der Waals surface area (Å²) >= 11 is 0. The monoisotopic (exact) mass is 470 g/mol. The Morgan fingerprint density at radius 1 is 0.943 bits per heavy atom. The van der Waals surface area contributed by atoms with E-state index in [-0.39, 0.29) is 11.9 Å². The molecule has 0 saturated heterocycles. The summed E-state index contributed by atoms with van der Waals surface area (Å²) in [6, 6.07) is 25.4. The van der Waals surface area contributed by atoms with E-state index in [1.807, 2.05) is 80.8 Å². The minimum Gasteiger partial charge on any atom is -0.493 e. The number of carbonyl (C=O) groups is 1. The third kappa shape index (κ3) is 5.36. The van der Waals surface area contributed by atoms with Crippen LogP contribution in [-0.2, 0) is 0 Å². The fourth-order valence-electron chi connectivity index (χ4n) is 4.01. The summed E-state index contributed by atoms with van der Waals surface area (Å²) < 4.78 is 12.6. The minimum absolute atomic E-state index is 0.0360. The summed E-state index contributed by atoms with van der Waals surface area (Å²) in [4.78, 5) is 15.6. The molecule has 0 aliphatic heterocycles. The van der Waals surface area contributed by atoms with Crippen molar-refractivity contribution in [3.63, 3.8) is 0 Å². The van der Waals surface area contributed by atoms with Gasteiger partial charge in [-0.05, 0) is 50.0 Å². The Balaban J connectivity index is 1.69. The Morgan fingerprint density at radius 3 is 2.23 bits per heavy atom. The van der Waals surface area contributed by atoms with Crippen LogP contribution in [-0.4, -0.2) is 55.4 Å². The van der Waals surface area contributed by atoms with E-state index in [1.54, 1.807) is 25.1 Å². The number of amides is 1. The van der Waals surface area contributed by atoms with Gasteiger partial charge in [-0.2, -0.15) is 5.10 Å². The maximum absolute atomic E-state index is 13.5. The second-order valence-electron chi connectivity index (χ2n) is 8.34. The van der Waals surface area contributed by atoms with Gasteiger partial charge in [0, 0.05) is 18.3 Å². The summed E-state index contributed by atoms with van der Waals surface area (Å²) in [5.74, 6) is 0.989. The average molecular weight is 471 g/mol. The number of likely N-dealkylation sites (N-methyl/N-ethyl adjacent to an activating group) is 1. The first-order valence-corrected chi connectivity index (χ1v) is 11.4. The number of para-hydroxylation sites is 1. The topological polar surface area (TPSA) is 68.6 Å². The van der Waals surface area contributed by atoms with E-state index in [4.69, 9.17) is 14.6 Å². The number of hydrogen-bond donors (Lipinski definition) is 1. The van der Waals surface area contributed by atoms with Crippen molar-refractivity contribution < 1.29 is 14.3 Å². The second-order valence-corrected chi connectivity index (χ2v) is 8.34. The fourth-order valence-corrected chi connectivity index (χ4v) is 4.01. The maximum atomic E-state index is 13.5. The predicted molar refractivity (Wildman–Crippen MR) is 137 cm³/mol. The lowest BCUT2D eigenvalue weighted by Gasteiger charge is -2.25. The van der Waals surface area contributed by atoms with Crippen molar-refractivity contribution in [1.29, 1.82) is 0 Å². The highest BCUT2D eigenvalue weighted by molar-refractivity contribution is 6.00. The van der Waals surface area contributed by atoms with Gasteiger partial charge in [0.05, 0.1) is 31.5 Å². The van der Waals surface area contributed by atoms with Crippen molar-refractivity contribution >= 4 is 5.91 Å². The van der Waals surface area contributed by atoms with Gasteiger partial charge in [0.25, 0.3) is 5.91 Å². The molecule has 0 fully saturated rings. The van der Waals surface area contributed by atoms with Gasteiger partial charge >= 0.3 is 0 Å². The molecule has 4 rings (SSSR count). The van der Waals surface area contributed by atoms with E-state index >= 15 is 0 Å². The molecule has 0 aliphatic carbocycles. The number of nitrogens with one attached hydrogen (secondary N) is 1. The molecule has 0 bridgehead atoms. The highest BCUT2D eigenvalue weighted by atomic mass is 16.5. The van der Waals surface area contributed by atoms with Gasteiger partial charge in [0.1, 0.15) is 5.69 Å².